The number of hydrogen-bond donors (Lipinski definition) is 2. The van der Waals surface area contributed by atoms with Crippen LogP contribution in [0.4, 0.5) is 5.69 Å². The molecule has 0 spiro atoms. The summed E-state index contributed by atoms with van der Waals surface area (Å²) in [6.45, 7) is 3.37. The van der Waals surface area contributed by atoms with Gasteiger partial charge in [0.25, 0.3) is 0 Å². The Morgan fingerprint density at radius 2 is 2.08 bits per heavy atom. The number of benzene rings is 1. The average Bonchev–Trinajstić information content (AvgIpc) is 2.03. The third-order valence-electron chi connectivity index (χ3n) is 1.76. The predicted molar refractivity (Wildman–Crippen MR) is 53.3 cm³/mol. The summed E-state index contributed by atoms with van der Waals surface area (Å²) in [5.41, 5.74) is 7.49. The van der Waals surface area contributed by atoms with Crippen LogP contribution in [-0.2, 0) is 4.79 Å². The van der Waals surface area contributed by atoms with Crippen molar-refractivity contribution in [2.75, 3.05) is 5.32 Å². The van der Waals surface area contributed by atoms with Crippen molar-refractivity contribution >= 4 is 11.6 Å². The van der Waals surface area contributed by atoms with E-state index in [0.717, 1.165) is 11.3 Å². The number of carbonyl (C=O) groups is 1. The first kappa shape index (κ1) is 9.74. The zero-order valence-electron chi connectivity index (χ0n) is 7.87. The number of para-hydroxylation sites is 1. The van der Waals surface area contributed by atoms with Gasteiger partial charge in [-0.1, -0.05) is 18.2 Å². The van der Waals surface area contributed by atoms with Crippen LogP contribution in [0.2, 0.25) is 0 Å². The second-order valence-corrected chi connectivity index (χ2v) is 3.06. The Kier molecular flexibility index (Phi) is 3.03. The summed E-state index contributed by atoms with van der Waals surface area (Å²) in [6.07, 6.45) is 0. The highest BCUT2D eigenvalue weighted by atomic mass is 16.1. The average molecular weight is 178 g/mol. The van der Waals surface area contributed by atoms with Gasteiger partial charge in [-0.25, -0.2) is 0 Å². The van der Waals surface area contributed by atoms with E-state index in [1.165, 1.54) is 6.92 Å². The van der Waals surface area contributed by atoms with Crippen molar-refractivity contribution in [1.82, 2.24) is 0 Å². The Bertz CT molecular complexity index is 308. The maximum Gasteiger partial charge on any atom is 0.221 e. The van der Waals surface area contributed by atoms with E-state index in [1.807, 2.05) is 31.2 Å². The lowest BCUT2D eigenvalue weighted by Gasteiger charge is -2.12. The fourth-order valence-corrected chi connectivity index (χ4v) is 1.20. The van der Waals surface area contributed by atoms with Crippen LogP contribution in [0.25, 0.3) is 0 Å². The first-order chi connectivity index (χ1) is 6.11. The van der Waals surface area contributed by atoms with Crippen molar-refractivity contribution in [3.8, 4) is 0 Å². The summed E-state index contributed by atoms with van der Waals surface area (Å²) < 4.78 is 0. The van der Waals surface area contributed by atoms with E-state index >= 15 is 0 Å². The largest absolute Gasteiger partial charge is 0.326 e. The van der Waals surface area contributed by atoms with Crippen LogP contribution in [0, 0.1) is 0 Å². The fourth-order valence-electron chi connectivity index (χ4n) is 1.20. The highest BCUT2D eigenvalue weighted by molar-refractivity contribution is 5.89. The molecule has 1 rings (SSSR count). The van der Waals surface area contributed by atoms with Crippen molar-refractivity contribution in [1.29, 1.82) is 0 Å². The van der Waals surface area contributed by atoms with E-state index in [9.17, 15) is 4.79 Å². The van der Waals surface area contributed by atoms with Gasteiger partial charge in [0, 0.05) is 18.7 Å². The summed E-state index contributed by atoms with van der Waals surface area (Å²) in [5, 5.41) is 2.74. The number of rotatable bonds is 2. The van der Waals surface area contributed by atoms with E-state index in [2.05, 4.69) is 5.32 Å². The van der Waals surface area contributed by atoms with Crippen LogP contribution in [-0.4, -0.2) is 5.91 Å². The molecule has 0 saturated heterocycles. The lowest BCUT2D eigenvalue weighted by molar-refractivity contribution is -0.114. The topological polar surface area (TPSA) is 55.1 Å². The number of nitrogens with two attached hydrogens (primary N) is 1. The molecule has 1 atom stereocenters. The molecule has 1 amide bonds. The van der Waals surface area contributed by atoms with Crippen LogP contribution in [0.15, 0.2) is 24.3 Å². The molecule has 1 aromatic rings. The van der Waals surface area contributed by atoms with E-state index in [0.29, 0.717) is 0 Å². The summed E-state index contributed by atoms with van der Waals surface area (Å²) >= 11 is 0. The molecule has 0 fully saturated rings. The van der Waals surface area contributed by atoms with Gasteiger partial charge < -0.3 is 11.1 Å². The molecule has 1 unspecified atom stereocenters. The second-order valence-electron chi connectivity index (χ2n) is 3.06. The van der Waals surface area contributed by atoms with Gasteiger partial charge in [0.15, 0.2) is 0 Å². The highest BCUT2D eigenvalue weighted by Crippen LogP contribution is 2.20. The Balaban J connectivity index is 2.97. The molecule has 0 bridgehead atoms. The van der Waals surface area contributed by atoms with E-state index in [1.54, 1.807) is 0 Å². The number of anilines is 1. The molecule has 3 heteroatoms. The van der Waals surface area contributed by atoms with E-state index in [-0.39, 0.29) is 11.9 Å². The van der Waals surface area contributed by atoms with Crippen LogP contribution in [0.3, 0.4) is 0 Å². The first-order valence-corrected chi connectivity index (χ1v) is 4.23. The molecule has 0 aliphatic rings. The zero-order chi connectivity index (χ0) is 9.84. The molecule has 13 heavy (non-hydrogen) atoms. The molecule has 0 aliphatic heterocycles. The van der Waals surface area contributed by atoms with Gasteiger partial charge in [0.2, 0.25) is 5.91 Å². The fraction of sp³-hybridized carbons (Fsp3) is 0.300. The summed E-state index contributed by atoms with van der Waals surface area (Å²) in [6, 6.07) is 7.47. The summed E-state index contributed by atoms with van der Waals surface area (Å²) in [5.74, 6) is -0.0758. The second kappa shape index (κ2) is 4.05. The normalized spacial score (nSPS) is 12.2. The maximum absolute atomic E-state index is 10.8. The van der Waals surface area contributed by atoms with Gasteiger partial charge >= 0.3 is 0 Å². The third-order valence-corrected chi connectivity index (χ3v) is 1.76. The summed E-state index contributed by atoms with van der Waals surface area (Å²) in [7, 11) is 0. The Morgan fingerprint density at radius 3 is 2.62 bits per heavy atom. The minimum atomic E-state index is -0.0758. The molecule has 0 heterocycles. The standard InChI is InChI=1S/C10H14N2O/c1-7(11)9-5-3-4-6-10(9)12-8(2)13/h3-7H,11H2,1-2H3,(H,12,13). The van der Waals surface area contributed by atoms with Crippen molar-refractivity contribution in [3.63, 3.8) is 0 Å². The molecular formula is C10H14N2O. The Labute approximate surface area is 77.9 Å². The Morgan fingerprint density at radius 1 is 1.46 bits per heavy atom. The van der Waals surface area contributed by atoms with Crippen LogP contribution in [0.1, 0.15) is 25.5 Å². The van der Waals surface area contributed by atoms with Crippen molar-refractivity contribution in [2.45, 2.75) is 19.9 Å². The van der Waals surface area contributed by atoms with Crippen molar-refractivity contribution in [2.24, 2.45) is 5.73 Å². The van der Waals surface area contributed by atoms with Gasteiger partial charge in [-0.2, -0.15) is 0 Å². The molecule has 0 aromatic heterocycles. The minimum absolute atomic E-state index is 0.0666. The van der Waals surface area contributed by atoms with E-state index < -0.39 is 0 Å². The van der Waals surface area contributed by atoms with Crippen LogP contribution < -0.4 is 11.1 Å². The molecule has 3 nitrogen and oxygen atoms in total. The van der Waals surface area contributed by atoms with Gasteiger partial charge in [-0.3, -0.25) is 4.79 Å². The third kappa shape index (κ3) is 2.56. The monoisotopic (exact) mass is 178 g/mol. The maximum atomic E-state index is 10.8. The van der Waals surface area contributed by atoms with Gasteiger partial charge in [-0.05, 0) is 18.6 Å². The smallest absolute Gasteiger partial charge is 0.221 e. The van der Waals surface area contributed by atoms with Crippen molar-refractivity contribution < 1.29 is 4.79 Å². The first-order valence-electron chi connectivity index (χ1n) is 4.23. The lowest BCUT2D eigenvalue weighted by Crippen LogP contribution is -2.12. The highest BCUT2D eigenvalue weighted by Gasteiger charge is 2.05. The molecule has 1 aromatic carbocycles. The number of nitrogens with one attached hydrogen (secondary N) is 1. The molecule has 0 aliphatic carbocycles. The lowest BCUT2D eigenvalue weighted by atomic mass is 10.1. The SMILES string of the molecule is CC(=O)Nc1ccccc1C(C)N. The predicted octanol–water partition coefficient (Wildman–Crippen LogP) is 1.66. The van der Waals surface area contributed by atoms with Crippen molar-refractivity contribution in [3.05, 3.63) is 29.8 Å². The van der Waals surface area contributed by atoms with Crippen LogP contribution >= 0.6 is 0 Å². The minimum Gasteiger partial charge on any atom is -0.326 e. The Hall–Kier alpha value is -1.35. The molecule has 0 saturated carbocycles. The molecular weight excluding hydrogens is 164 g/mol. The zero-order valence-corrected chi connectivity index (χ0v) is 7.87. The molecule has 70 valence electrons. The van der Waals surface area contributed by atoms with Gasteiger partial charge in [0.05, 0.1) is 0 Å². The van der Waals surface area contributed by atoms with Gasteiger partial charge in [-0.15, -0.1) is 0 Å². The van der Waals surface area contributed by atoms with E-state index in [4.69, 9.17) is 5.73 Å². The number of carbonyl (C=O) groups excluding carboxylic acids is 1. The number of amides is 1. The molecule has 0 radical (unpaired) electrons. The summed E-state index contributed by atoms with van der Waals surface area (Å²) in [4.78, 5) is 10.8. The quantitative estimate of drug-likeness (QED) is 0.723. The number of hydrogen-bond acceptors (Lipinski definition) is 2. The van der Waals surface area contributed by atoms with Gasteiger partial charge in [0.1, 0.15) is 0 Å². The van der Waals surface area contributed by atoms with Crippen LogP contribution in [0.5, 0.6) is 0 Å². The molecule has 3 N–H and O–H groups in total.